The summed E-state index contributed by atoms with van der Waals surface area (Å²) in [4.78, 5) is 0. The number of alkyl halides is 1. The summed E-state index contributed by atoms with van der Waals surface area (Å²) in [6.07, 6.45) is 0. The second kappa shape index (κ2) is 6.49. The fraction of sp³-hybridized carbons (Fsp3) is 0.556. The van der Waals surface area contributed by atoms with Crippen molar-refractivity contribution in [2.45, 2.75) is 9.59 Å². The average Bonchev–Trinajstić information content (AvgIpc) is 2.65. The average molecular weight is 363 g/mol. The van der Waals surface area contributed by atoms with Gasteiger partial charge < -0.3 is 4.74 Å². The number of ether oxygens (including phenoxy) is 1. The lowest BCUT2D eigenvalue weighted by Crippen LogP contribution is -2.33. The molecule has 1 aromatic heterocycles. The summed E-state index contributed by atoms with van der Waals surface area (Å²) in [6.45, 7) is 0.523. The third-order valence-electron chi connectivity index (χ3n) is 2.03. The van der Waals surface area contributed by atoms with Gasteiger partial charge in [0.05, 0.1) is 12.0 Å². The number of hydrogen-bond acceptors (Lipinski definition) is 4. The number of methoxy groups -OCH3 is 1. The van der Waals surface area contributed by atoms with Gasteiger partial charge in [-0.05, 0) is 27.4 Å². The van der Waals surface area contributed by atoms with Crippen molar-refractivity contribution < 1.29 is 13.2 Å². The van der Waals surface area contributed by atoms with Gasteiger partial charge in [0.2, 0.25) is 0 Å². The lowest BCUT2D eigenvalue weighted by Gasteiger charge is -2.19. The fourth-order valence-corrected chi connectivity index (χ4v) is 5.35. The first-order valence-corrected chi connectivity index (χ1v) is 8.27. The molecule has 0 aliphatic heterocycles. The van der Waals surface area contributed by atoms with E-state index in [1.807, 2.05) is 0 Å². The number of sulfonamides is 1. The van der Waals surface area contributed by atoms with Crippen LogP contribution in [0.25, 0.3) is 0 Å². The van der Waals surface area contributed by atoms with Gasteiger partial charge in [-0.1, -0.05) is 0 Å². The molecule has 17 heavy (non-hydrogen) atoms. The van der Waals surface area contributed by atoms with Crippen molar-refractivity contribution in [2.75, 3.05) is 27.3 Å². The summed E-state index contributed by atoms with van der Waals surface area (Å²) in [5.41, 5.74) is 0. The zero-order valence-corrected chi connectivity index (χ0v) is 13.4. The first kappa shape index (κ1) is 15.4. The zero-order valence-electron chi connectivity index (χ0n) is 9.39. The third-order valence-corrected chi connectivity index (χ3v) is 6.77. The highest BCUT2D eigenvalue weighted by atomic mass is 79.9. The van der Waals surface area contributed by atoms with E-state index < -0.39 is 10.0 Å². The summed E-state index contributed by atoms with van der Waals surface area (Å²) in [7, 11) is -0.441. The Hall–Kier alpha value is 0.340. The summed E-state index contributed by atoms with van der Waals surface area (Å²) >= 11 is 10.3. The highest BCUT2D eigenvalue weighted by Gasteiger charge is 2.26. The molecule has 0 radical (unpaired) electrons. The van der Waals surface area contributed by atoms with E-state index in [2.05, 4.69) is 15.9 Å². The number of hydrogen-bond donors (Lipinski definition) is 0. The molecule has 0 saturated carbocycles. The van der Waals surface area contributed by atoms with E-state index in [-0.39, 0.29) is 11.9 Å². The summed E-state index contributed by atoms with van der Waals surface area (Å²) in [5, 5.41) is 1.36. The lowest BCUT2D eigenvalue weighted by atomic mass is 10.4. The molecule has 0 aromatic carbocycles. The van der Waals surface area contributed by atoms with Crippen LogP contribution >= 0.6 is 38.9 Å². The van der Waals surface area contributed by atoms with Crippen molar-refractivity contribution >= 4 is 48.9 Å². The maximum absolute atomic E-state index is 12.2. The van der Waals surface area contributed by atoms with E-state index in [0.717, 1.165) is 0 Å². The number of nitrogens with zero attached hydrogens (tertiary/aromatic N) is 1. The van der Waals surface area contributed by atoms with Crippen molar-refractivity contribution in [3.05, 3.63) is 15.9 Å². The molecule has 1 rings (SSSR count). The highest BCUT2D eigenvalue weighted by Crippen LogP contribution is 2.29. The number of halogens is 2. The maximum Gasteiger partial charge on any atom is 0.253 e. The minimum Gasteiger partial charge on any atom is -0.383 e. The van der Waals surface area contributed by atoms with Crippen LogP contribution in [0.1, 0.15) is 0 Å². The topological polar surface area (TPSA) is 46.6 Å². The Kier molecular flexibility index (Phi) is 5.88. The molecule has 0 fully saturated rings. The first-order chi connectivity index (χ1) is 7.89. The largest absolute Gasteiger partial charge is 0.383 e. The van der Waals surface area contributed by atoms with Crippen molar-refractivity contribution in [3.63, 3.8) is 0 Å². The first-order valence-electron chi connectivity index (χ1n) is 4.72. The molecule has 1 unspecified atom stereocenters. The van der Waals surface area contributed by atoms with E-state index in [1.165, 1.54) is 29.8 Å². The molecule has 0 bridgehead atoms. The number of thiophene rings is 1. The molecule has 0 spiro atoms. The molecule has 1 atom stereocenters. The lowest BCUT2D eigenvalue weighted by molar-refractivity contribution is 0.192. The van der Waals surface area contributed by atoms with Crippen LogP contribution in [-0.4, -0.2) is 45.4 Å². The van der Waals surface area contributed by atoms with Crippen LogP contribution in [0.4, 0.5) is 0 Å². The highest BCUT2D eigenvalue weighted by molar-refractivity contribution is 9.10. The van der Waals surface area contributed by atoms with E-state index >= 15 is 0 Å². The van der Waals surface area contributed by atoms with Gasteiger partial charge in [-0.15, -0.1) is 22.9 Å². The molecular weight excluding hydrogens is 350 g/mol. The Bertz CT molecular complexity index is 463. The summed E-state index contributed by atoms with van der Waals surface area (Å²) < 4.78 is 31.3. The normalized spacial score (nSPS) is 14.2. The maximum atomic E-state index is 12.2. The molecule has 0 aliphatic rings. The van der Waals surface area contributed by atoms with E-state index in [9.17, 15) is 8.42 Å². The van der Waals surface area contributed by atoms with Gasteiger partial charge in [0.15, 0.2) is 0 Å². The quantitative estimate of drug-likeness (QED) is 0.730. The zero-order chi connectivity index (χ0) is 13.1. The Morgan fingerprint density at radius 1 is 1.65 bits per heavy atom. The Morgan fingerprint density at radius 3 is 2.76 bits per heavy atom. The van der Waals surface area contributed by atoms with E-state index in [1.54, 1.807) is 11.4 Å². The Morgan fingerprint density at radius 2 is 2.29 bits per heavy atom. The van der Waals surface area contributed by atoms with Crippen LogP contribution in [0, 0.1) is 0 Å². The van der Waals surface area contributed by atoms with Gasteiger partial charge in [0, 0.05) is 25.2 Å². The SMILES string of the molecule is COCC(Cl)CN(C)S(=O)(=O)c1sccc1Br. The van der Waals surface area contributed by atoms with Gasteiger partial charge in [0.1, 0.15) is 4.21 Å². The van der Waals surface area contributed by atoms with E-state index in [4.69, 9.17) is 16.3 Å². The van der Waals surface area contributed by atoms with Gasteiger partial charge in [0.25, 0.3) is 10.0 Å². The predicted molar refractivity (Wildman–Crippen MR) is 73.4 cm³/mol. The van der Waals surface area contributed by atoms with Gasteiger partial charge in [-0.3, -0.25) is 0 Å². The second-order valence-electron chi connectivity index (χ2n) is 3.39. The van der Waals surface area contributed by atoms with Crippen LogP contribution in [-0.2, 0) is 14.8 Å². The molecule has 8 heteroatoms. The van der Waals surface area contributed by atoms with Crippen molar-refractivity contribution in [3.8, 4) is 0 Å². The Balaban J connectivity index is 2.81. The second-order valence-corrected chi connectivity index (χ2v) is 8.02. The Labute approximate surface area is 119 Å². The number of rotatable bonds is 6. The van der Waals surface area contributed by atoms with Crippen molar-refractivity contribution in [2.24, 2.45) is 0 Å². The molecule has 98 valence electrons. The summed E-state index contributed by atoms with van der Waals surface area (Å²) in [5.74, 6) is 0. The summed E-state index contributed by atoms with van der Waals surface area (Å²) in [6, 6.07) is 1.71. The molecule has 0 saturated heterocycles. The predicted octanol–water partition coefficient (Wildman–Crippen LogP) is 2.38. The smallest absolute Gasteiger partial charge is 0.253 e. The minimum absolute atomic E-state index is 0.210. The van der Waals surface area contributed by atoms with Crippen LogP contribution in [0.2, 0.25) is 0 Å². The molecule has 0 aliphatic carbocycles. The van der Waals surface area contributed by atoms with E-state index in [0.29, 0.717) is 15.3 Å². The molecule has 4 nitrogen and oxygen atoms in total. The van der Waals surface area contributed by atoms with Crippen LogP contribution < -0.4 is 0 Å². The monoisotopic (exact) mass is 361 g/mol. The fourth-order valence-electron chi connectivity index (χ4n) is 1.22. The molecule has 1 aromatic rings. The van der Waals surface area contributed by atoms with Crippen LogP contribution in [0.3, 0.4) is 0 Å². The van der Waals surface area contributed by atoms with Gasteiger partial charge in [-0.25, -0.2) is 8.42 Å². The van der Waals surface area contributed by atoms with Gasteiger partial charge >= 0.3 is 0 Å². The molecule has 1 heterocycles. The van der Waals surface area contributed by atoms with Crippen LogP contribution in [0.5, 0.6) is 0 Å². The van der Waals surface area contributed by atoms with Gasteiger partial charge in [-0.2, -0.15) is 4.31 Å². The third kappa shape index (κ3) is 3.90. The minimum atomic E-state index is -3.47. The standard InChI is InChI=1S/C9H13BrClNO3S2/c1-12(5-7(11)6-15-2)17(13,14)9-8(10)3-4-16-9/h3-4,7H,5-6H2,1-2H3. The molecule has 0 amide bonds. The van der Waals surface area contributed by atoms with Crippen molar-refractivity contribution in [1.29, 1.82) is 0 Å². The molecular formula is C9H13BrClNO3S2. The molecule has 0 N–H and O–H groups in total. The van der Waals surface area contributed by atoms with Crippen molar-refractivity contribution in [1.82, 2.24) is 4.31 Å². The van der Waals surface area contributed by atoms with Crippen LogP contribution in [0.15, 0.2) is 20.1 Å².